The first-order chi connectivity index (χ1) is 31.2. The van der Waals surface area contributed by atoms with Gasteiger partial charge in [-0.3, -0.25) is 0 Å². The lowest BCUT2D eigenvalue weighted by atomic mass is 9.91. The van der Waals surface area contributed by atoms with Crippen LogP contribution in [0.3, 0.4) is 0 Å². The van der Waals surface area contributed by atoms with E-state index in [1.54, 1.807) is 0 Å². The summed E-state index contributed by atoms with van der Waals surface area (Å²) in [6, 6.07) is 75.8. The summed E-state index contributed by atoms with van der Waals surface area (Å²) in [7, 11) is 0. The summed E-state index contributed by atoms with van der Waals surface area (Å²) in [5.74, 6) is 1.85. The number of furan rings is 1. The van der Waals surface area contributed by atoms with Gasteiger partial charge < -0.3 is 4.42 Å². The van der Waals surface area contributed by atoms with Crippen LogP contribution in [0.4, 0.5) is 0 Å². The first-order valence-corrected chi connectivity index (χ1v) is 21.1. The van der Waals surface area contributed by atoms with Crippen LogP contribution in [-0.4, -0.2) is 19.9 Å². The molecular formula is C58H36N4O. The van der Waals surface area contributed by atoms with Crippen LogP contribution in [0.5, 0.6) is 0 Å². The van der Waals surface area contributed by atoms with Crippen molar-refractivity contribution in [3.63, 3.8) is 0 Å². The van der Waals surface area contributed by atoms with Crippen molar-refractivity contribution in [3.8, 4) is 78.8 Å². The Morgan fingerprint density at radius 2 is 0.778 bits per heavy atom. The molecule has 0 unspecified atom stereocenters. The molecule has 0 amide bonds. The number of para-hydroxylation sites is 3. The molecule has 0 bridgehead atoms. The van der Waals surface area contributed by atoms with Gasteiger partial charge in [0.2, 0.25) is 0 Å². The molecule has 0 saturated carbocycles. The first kappa shape index (κ1) is 36.3. The van der Waals surface area contributed by atoms with Gasteiger partial charge in [0.1, 0.15) is 11.2 Å². The summed E-state index contributed by atoms with van der Waals surface area (Å²) in [5, 5.41) is 5.59. The van der Waals surface area contributed by atoms with Crippen molar-refractivity contribution in [2.24, 2.45) is 0 Å². The van der Waals surface area contributed by atoms with Gasteiger partial charge in [0.05, 0.1) is 11.2 Å². The van der Waals surface area contributed by atoms with E-state index in [9.17, 15) is 0 Å². The lowest BCUT2D eigenvalue weighted by Crippen LogP contribution is -2.00. The molecule has 12 rings (SSSR count). The highest BCUT2D eigenvalue weighted by atomic mass is 16.3. The molecule has 63 heavy (non-hydrogen) atoms. The fourth-order valence-electron chi connectivity index (χ4n) is 8.89. The highest BCUT2D eigenvalue weighted by molar-refractivity contribution is 6.17. The maximum Gasteiger partial charge on any atom is 0.164 e. The summed E-state index contributed by atoms with van der Waals surface area (Å²) in [6.07, 6.45) is 0. The molecule has 5 nitrogen and oxygen atoms in total. The SMILES string of the molecule is c1ccc(-c2cccc(-c3nc(-c4ccccc4)nc(-c4ccc(-c5nc6ccccc6c6c(-c7cccc(-c8cccc9c8oc8ccccc89)c7)cccc56)cc4)n3)c2)cc1. The Hall–Kier alpha value is -8.54. The third kappa shape index (κ3) is 6.51. The Labute approximate surface area is 363 Å². The largest absolute Gasteiger partial charge is 0.455 e. The second-order valence-corrected chi connectivity index (χ2v) is 15.8. The van der Waals surface area contributed by atoms with Crippen LogP contribution in [0.2, 0.25) is 0 Å². The highest BCUT2D eigenvalue weighted by Gasteiger charge is 2.18. The zero-order valence-electron chi connectivity index (χ0n) is 34.0. The zero-order valence-corrected chi connectivity index (χ0v) is 34.0. The van der Waals surface area contributed by atoms with Gasteiger partial charge in [-0.2, -0.15) is 0 Å². The van der Waals surface area contributed by atoms with E-state index >= 15 is 0 Å². The summed E-state index contributed by atoms with van der Waals surface area (Å²) < 4.78 is 6.47. The van der Waals surface area contributed by atoms with Crippen molar-refractivity contribution in [2.45, 2.75) is 0 Å². The number of fused-ring (bicyclic) bond motifs is 6. The average Bonchev–Trinajstić information content (AvgIpc) is 3.75. The van der Waals surface area contributed by atoms with Gasteiger partial charge in [0.15, 0.2) is 17.5 Å². The fraction of sp³-hybridized carbons (Fsp3) is 0. The maximum absolute atomic E-state index is 6.47. The molecule has 5 heteroatoms. The molecule has 0 saturated heterocycles. The minimum Gasteiger partial charge on any atom is -0.455 e. The Bertz CT molecular complexity index is 3670. The Morgan fingerprint density at radius 3 is 1.54 bits per heavy atom. The van der Waals surface area contributed by atoms with Crippen molar-refractivity contribution in [3.05, 3.63) is 218 Å². The number of hydrogen-bond acceptors (Lipinski definition) is 5. The van der Waals surface area contributed by atoms with Crippen LogP contribution in [0.15, 0.2) is 223 Å². The van der Waals surface area contributed by atoms with Gasteiger partial charge in [0, 0.05) is 54.7 Å². The minimum atomic E-state index is 0.604. The molecule has 0 spiro atoms. The van der Waals surface area contributed by atoms with Gasteiger partial charge in [-0.15, -0.1) is 0 Å². The predicted molar refractivity (Wildman–Crippen MR) is 258 cm³/mol. The number of rotatable bonds is 7. The smallest absolute Gasteiger partial charge is 0.164 e. The second-order valence-electron chi connectivity index (χ2n) is 15.8. The van der Waals surface area contributed by atoms with E-state index in [2.05, 4.69) is 170 Å². The van der Waals surface area contributed by atoms with Crippen LogP contribution >= 0.6 is 0 Å². The molecule has 3 aromatic heterocycles. The van der Waals surface area contributed by atoms with Crippen LogP contribution in [-0.2, 0) is 0 Å². The van der Waals surface area contributed by atoms with Crippen molar-refractivity contribution < 1.29 is 4.42 Å². The van der Waals surface area contributed by atoms with Gasteiger partial charge >= 0.3 is 0 Å². The molecule has 12 aromatic rings. The summed E-state index contributed by atoms with van der Waals surface area (Å²) >= 11 is 0. The molecule has 0 N–H and O–H groups in total. The number of aromatic nitrogens is 4. The normalized spacial score (nSPS) is 11.5. The molecule has 0 radical (unpaired) electrons. The quantitative estimate of drug-likeness (QED) is 0.150. The Morgan fingerprint density at radius 1 is 0.286 bits per heavy atom. The van der Waals surface area contributed by atoms with E-state index in [1.165, 1.54) is 0 Å². The van der Waals surface area contributed by atoms with E-state index < -0.39 is 0 Å². The van der Waals surface area contributed by atoms with Gasteiger partial charge in [-0.05, 0) is 52.1 Å². The summed E-state index contributed by atoms with van der Waals surface area (Å²) in [4.78, 5) is 20.4. The van der Waals surface area contributed by atoms with E-state index in [0.29, 0.717) is 17.5 Å². The number of hydrogen-bond donors (Lipinski definition) is 0. The lowest BCUT2D eigenvalue weighted by molar-refractivity contribution is 0.670. The highest BCUT2D eigenvalue weighted by Crippen LogP contribution is 2.41. The molecule has 0 aliphatic heterocycles. The van der Waals surface area contributed by atoms with E-state index in [1.807, 2.05) is 48.5 Å². The van der Waals surface area contributed by atoms with Gasteiger partial charge in [-0.1, -0.05) is 194 Å². The zero-order chi connectivity index (χ0) is 41.7. The summed E-state index contributed by atoms with van der Waals surface area (Å²) in [5.41, 5.74) is 14.1. The molecule has 0 aliphatic carbocycles. The third-order valence-electron chi connectivity index (χ3n) is 11.9. The molecule has 0 atom stereocenters. The van der Waals surface area contributed by atoms with Crippen molar-refractivity contribution in [1.29, 1.82) is 0 Å². The molecule has 0 fully saturated rings. The van der Waals surface area contributed by atoms with Crippen molar-refractivity contribution in [1.82, 2.24) is 19.9 Å². The predicted octanol–water partition coefficient (Wildman–Crippen LogP) is 15.1. The van der Waals surface area contributed by atoms with Crippen LogP contribution in [0, 0.1) is 0 Å². The van der Waals surface area contributed by atoms with Crippen LogP contribution in [0.1, 0.15) is 0 Å². The van der Waals surface area contributed by atoms with Crippen molar-refractivity contribution in [2.75, 3.05) is 0 Å². The standard InChI is InChI=1S/C58H36N4O/c1-3-15-37(16-4-1)41-19-11-22-44(35-41)58-61-56(39-17-5-2-6-18-39)60-57(62-58)40-33-31-38(32-34-40)54-50-28-13-25-45(53(50)49-24-7-9-29-51(49)59-54)42-20-12-21-43(36-42)46-26-14-27-48-47-23-8-10-30-52(47)63-55(46)48/h1-36H. The van der Waals surface area contributed by atoms with Crippen LogP contribution < -0.4 is 0 Å². The maximum atomic E-state index is 6.47. The van der Waals surface area contributed by atoms with E-state index in [-0.39, 0.29) is 0 Å². The number of nitrogens with zero attached hydrogens (tertiary/aromatic N) is 4. The molecule has 294 valence electrons. The molecular weight excluding hydrogens is 769 g/mol. The summed E-state index contributed by atoms with van der Waals surface area (Å²) in [6.45, 7) is 0. The van der Waals surface area contributed by atoms with Crippen LogP contribution in [0.25, 0.3) is 122 Å². The first-order valence-electron chi connectivity index (χ1n) is 21.1. The van der Waals surface area contributed by atoms with E-state index in [4.69, 9.17) is 24.4 Å². The molecule has 3 heterocycles. The number of benzene rings is 9. The van der Waals surface area contributed by atoms with E-state index in [0.717, 1.165) is 105 Å². The van der Waals surface area contributed by atoms with Gasteiger partial charge in [0.25, 0.3) is 0 Å². The average molecular weight is 805 g/mol. The second kappa shape index (κ2) is 15.2. The fourth-order valence-corrected chi connectivity index (χ4v) is 8.89. The number of pyridine rings is 1. The Balaban J connectivity index is 0.964. The lowest BCUT2D eigenvalue weighted by Gasteiger charge is -2.15. The molecule has 9 aromatic carbocycles. The molecule has 0 aliphatic rings. The topological polar surface area (TPSA) is 64.7 Å². The monoisotopic (exact) mass is 804 g/mol. The minimum absolute atomic E-state index is 0.604. The van der Waals surface area contributed by atoms with Crippen molar-refractivity contribution >= 4 is 43.6 Å². The third-order valence-corrected chi connectivity index (χ3v) is 11.9. The Kier molecular flexibility index (Phi) is 8.75. The van der Waals surface area contributed by atoms with Gasteiger partial charge in [-0.25, -0.2) is 19.9 Å².